The Kier molecular flexibility index (Phi) is 6.52. The van der Waals surface area contributed by atoms with Crippen molar-refractivity contribution in [3.8, 4) is 0 Å². The van der Waals surface area contributed by atoms with Crippen LogP contribution in [0.15, 0.2) is 41.8 Å². The van der Waals surface area contributed by atoms with E-state index in [4.69, 9.17) is 0 Å². The summed E-state index contributed by atoms with van der Waals surface area (Å²) in [7, 11) is 0. The number of nitrogens with one attached hydrogen (secondary N) is 2. The molecule has 2 aromatic rings. The van der Waals surface area contributed by atoms with E-state index in [1.807, 2.05) is 25.3 Å². The Morgan fingerprint density at radius 1 is 1.17 bits per heavy atom. The lowest BCUT2D eigenvalue weighted by Crippen LogP contribution is -2.28. The normalized spacial score (nSPS) is 12.0. The van der Waals surface area contributed by atoms with Crippen LogP contribution < -0.4 is 10.6 Å². The molecule has 0 saturated carbocycles. The molecule has 5 nitrogen and oxygen atoms in total. The zero-order chi connectivity index (χ0) is 17.5. The molecule has 2 amide bonds. The second kappa shape index (κ2) is 8.61. The zero-order valence-electron chi connectivity index (χ0n) is 13.8. The van der Waals surface area contributed by atoms with Crippen LogP contribution in [0.3, 0.4) is 0 Å². The predicted molar refractivity (Wildman–Crippen MR) is 96.5 cm³/mol. The van der Waals surface area contributed by atoms with Gasteiger partial charge in [-0.05, 0) is 42.0 Å². The first kappa shape index (κ1) is 18.2. The lowest BCUT2D eigenvalue weighted by molar-refractivity contribution is 0.0919. The van der Waals surface area contributed by atoms with Crippen molar-refractivity contribution in [1.29, 1.82) is 0 Å². The molecular weight excluding hydrogens is 324 g/mol. The number of thiophene rings is 1. The van der Waals surface area contributed by atoms with Crippen LogP contribution in [0.5, 0.6) is 0 Å². The fourth-order valence-corrected chi connectivity index (χ4v) is 2.73. The summed E-state index contributed by atoms with van der Waals surface area (Å²) in [4.78, 5) is 24.8. The third kappa shape index (κ3) is 5.18. The van der Waals surface area contributed by atoms with Crippen molar-refractivity contribution in [3.63, 3.8) is 0 Å². The van der Waals surface area contributed by atoms with E-state index < -0.39 is 6.10 Å². The van der Waals surface area contributed by atoms with Gasteiger partial charge in [0.2, 0.25) is 0 Å². The Bertz CT molecular complexity index is 683. The van der Waals surface area contributed by atoms with Crippen molar-refractivity contribution < 1.29 is 14.7 Å². The molecule has 1 unspecified atom stereocenters. The van der Waals surface area contributed by atoms with Gasteiger partial charge in [0.25, 0.3) is 11.8 Å². The Morgan fingerprint density at radius 3 is 2.62 bits per heavy atom. The quantitative estimate of drug-likeness (QED) is 0.721. The van der Waals surface area contributed by atoms with Gasteiger partial charge in [-0.15, -0.1) is 11.3 Å². The molecule has 0 saturated heterocycles. The molecule has 1 atom stereocenters. The number of aliphatic hydroxyl groups is 1. The minimum Gasteiger partial charge on any atom is -0.393 e. The maximum atomic E-state index is 12.2. The molecule has 0 radical (unpaired) electrons. The highest BCUT2D eigenvalue weighted by molar-refractivity contribution is 7.12. The van der Waals surface area contributed by atoms with E-state index in [2.05, 4.69) is 10.6 Å². The first-order chi connectivity index (χ1) is 11.5. The van der Waals surface area contributed by atoms with Gasteiger partial charge in [0.1, 0.15) is 0 Å². The molecule has 1 aromatic heterocycles. The topological polar surface area (TPSA) is 78.4 Å². The number of benzene rings is 1. The standard InChI is InChI=1S/C18H22N2O3S/c1-12(2)15(21)8-9-19-17(22)13-5-3-6-14(11-13)20-18(23)16-7-4-10-24-16/h3-7,10-12,15,21H,8-9H2,1-2H3,(H,19,22)(H,20,23). The SMILES string of the molecule is CC(C)C(O)CCNC(=O)c1cccc(NC(=O)c2cccs2)c1. The second-order valence-electron chi connectivity index (χ2n) is 5.87. The van der Waals surface area contributed by atoms with Gasteiger partial charge in [-0.25, -0.2) is 0 Å². The van der Waals surface area contributed by atoms with Gasteiger partial charge in [-0.3, -0.25) is 9.59 Å². The van der Waals surface area contributed by atoms with Crippen LogP contribution in [0, 0.1) is 5.92 Å². The lowest BCUT2D eigenvalue weighted by atomic mass is 10.0. The van der Waals surface area contributed by atoms with Crippen LogP contribution >= 0.6 is 11.3 Å². The zero-order valence-corrected chi connectivity index (χ0v) is 14.6. The van der Waals surface area contributed by atoms with Crippen LogP contribution in [0.4, 0.5) is 5.69 Å². The van der Waals surface area contributed by atoms with Crippen LogP contribution in [0.2, 0.25) is 0 Å². The van der Waals surface area contributed by atoms with Crippen LogP contribution in [0.25, 0.3) is 0 Å². The Balaban J connectivity index is 1.92. The lowest BCUT2D eigenvalue weighted by Gasteiger charge is -2.14. The third-order valence-corrected chi connectivity index (χ3v) is 4.49. The van der Waals surface area contributed by atoms with Gasteiger partial charge in [0.15, 0.2) is 0 Å². The Hall–Kier alpha value is -2.18. The smallest absolute Gasteiger partial charge is 0.265 e. The minimum atomic E-state index is -0.429. The first-order valence-corrected chi connectivity index (χ1v) is 8.76. The molecule has 3 N–H and O–H groups in total. The number of carbonyl (C=O) groups is 2. The highest BCUT2D eigenvalue weighted by Crippen LogP contribution is 2.15. The van der Waals surface area contributed by atoms with E-state index in [0.717, 1.165) is 0 Å². The molecule has 6 heteroatoms. The summed E-state index contributed by atoms with van der Waals surface area (Å²) in [5, 5.41) is 17.1. The molecule has 0 aliphatic carbocycles. The molecule has 0 aliphatic heterocycles. The summed E-state index contributed by atoms with van der Waals surface area (Å²) in [5.41, 5.74) is 1.04. The summed E-state index contributed by atoms with van der Waals surface area (Å²) in [5.74, 6) is -0.251. The highest BCUT2D eigenvalue weighted by atomic mass is 32.1. The number of rotatable bonds is 7. The maximum absolute atomic E-state index is 12.2. The highest BCUT2D eigenvalue weighted by Gasteiger charge is 2.12. The van der Waals surface area contributed by atoms with Gasteiger partial charge in [0.05, 0.1) is 11.0 Å². The molecule has 0 spiro atoms. The first-order valence-electron chi connectivity index (χ1n) is 7.88. The van der Waals surface area contributed by atoms with Gasteiger partial charge in [-0.1, -0.05) is 26.0 Å². The third-order valence-electron chi connectivity index (χ3n) is 3.62. The van der Waals surface area contributed by atoms with Crippen molar-refractivity contribution in [2.45, 2.75) is 26.4 Å². The monoisotopic (exact) mass is 346 g/mol. The molecular formula is C18H22N2O3S. The molecule has 128 valence electrons. The second-order valence-corrected chi connectivity index (χ2v) is 6.82. The van der Waals surface area contributed by atoms with Crippen molar-refractivity contribution in [2.75, 3.05) is 11.9 Å². The summed E-state index contributed by atoms with van der Waals surface area (Å²) in [6.45, 7) is 4.28. The minimum absolute atomic E-state index is 0.165. The summed E-state index contributed by atoms with van der Waals surface area (Å²) in [6.07, 6.45) is 0.0831. The molecule has 24 heavy (non-hydrogen) atoms. The van der Waals surface area contributed by atoms with Crippen LogP contribution in [-0.2, 0) is 0 Å². The Labute approximate surface area is 145 Å². The number of hydrogen-bond acceptors (Lipinski definition) is 4. The largest absolute Gasteiger partial charge is 0.393 e. The predicted octanol–water partition coefficient (Wildman–Crippen LogP) is 3.14. The van der Waals surface area contributed by atoms with Gasteiger partial charge < -0.3 is 15.7 Å². The number of amides is 2. The molecule has 0 bridgehead atoms. The number of carbonyl (C=O) groups excluding carboxylic acids is 2. The number of hydrogen-bond donors (Lipinski definition) is 3. The van der Waals surface area contributed by atoms with E-state index in [-0.39, 0.29) is 17.7 Å². The van der Waals surface area contributed by atoms with E-state index in [1.165, 1.54) is 11.3 Å². The van der Waals surface area contributed by atoms with Gasteiger partial charge in [-0.2, -0.15) is 0 Å². The molecule has 0 aliphatic rings. The van der Waals surface area contributed by atoms with Crippen LogP contribution in [0.1, 0.15) is 40.3 Å². The molecule has 0 fully saturated rings. The summed E-state index contributed by atoms with van der Waals surface area (Å²) >= 11 is 1.36. The van der Waals surface area contributed by atoms with E-state index >= 15 is 0 Å². The van der Waals surface area contributed by atoms with E-state index in [1.54, 1.807) is 30.3 Å². The van der Waals surface area contributed by atoms with E-state index in [9.17, 15) is 14.7 Å². The molecule has 1 aromatic carbocycles. The number of anilines is 1. The van der Waals surface area contributed by atoms with Crippen molar-refractivity contribution in [3.05, 3.63) is 52.2 Å². The Morgan fingerprint density at radius 2 is 1.96 bits per heavy atom. The van der Waals surface area contributed by atoms with Crippen molar-refractivity contribution in [2.24, 2.45) is 5.92 Å². The summed E-state index contributed by atoms with van der Waals surface area (Å²) in [6, 6.07) is 10.4. The average molecular weight is 346 g/mol. The average Bonchev–Trinajstić information content (AvgIpc) is 3.09. The fourth-order valence-electron chi connectivity index (χ4n) is 2.11. The summed E-state index contributed by atoms with van der Waals surface area (Å²) < 4.78 is 0. The van der Waals surface area contributed by atoms with Crippen molar-refractivity contribution in [1.82, 2.24) is 5.32 Å². The maximum Gasteiger partial charge on any atom is 0.265 e. The molecule has 2 rings (SSSR count). The number of aliphatic hydroxyl groups excluding tert-OH is 1. The fraction of sp³-hybridized carbons (Fsp3) is 0.333. The van der Waals surface area contributed by atoms with Crippen LogP contribution in [-0.4, -0.2) is 29.6 Å². The molecule has 1 heterocycles. The van der Waals surface area contributed by atoms with Gasteiger partial charge in [0, 0.05) is 17.8 Å². The van der Waals surface area contributed by atoms with Crippen molar-refractivity contribution >= 4 is 28.8 Å². The van der Waals surface area contributed by atoms with E-state index in [0.29, 0.717) is 29.1 Å². The van der Waals surface area contributed by atoms with Gasteiger partial charge >= 0.3 is 0 Å².